The zero-order valence-corrected chi connectivity index (χ0v) is 9.00. The van der Waals surface area contributed by atoms with E-state index in [1.165, 1.54) is 24.3 Å². The third-order valence-corrected chi connectivity index (χ3v) is 2.08. The number of carboxylic acids is 2. The van der Waals surface area contributed by atoms with Gasteiger partial charge in [-0.2, -0.15) is 0 Å². The fourth-order valence-corrected chi connectivity index (χ4v) is 1.38. The maximum Gasteiger partial charge on any atom is 0.224 e. The summed E-state index contributed by atoms with van der Waals surface area (Å²) in [7, 11) is 0. The van der Waals surface area contributed by atoms with Gasteiger partial charge in [0, 0.05) is 12.5 Å². The van der Waals surface area contributed by atoms with Crippen LogP contribution in [-0.4, -0.2) is 24.4 Å². The minimum absolute atomic E-state index is 0.0239. The van der Waals surface area contributed by atoms with Gasteiger partial charge >= 0.3 is 0 Å². The van der Waals surface area contributed by atoms with Crippen molar-refractivity contribution in [2.75, 3.05) is 11.4 Å². The lowest BCUT2D eigenvalue weighted by molar-refractivity contribution is -0.303. The molecular formula is C11H9NO5-2. The first kappa shape index (κ1) is 12.7. The second kappa shape index (κ2) is 5.11. The van der Waals surface area contributed by atoms with E-state index in [2.05, 4.69) is 0 Å². The lowest BCUT2D eigenvalue weighted by Gasteiger charge is -2.24. The van der Waals surface area contributed by atoms with Crippen LogP contribution in [-0.2, 0) is 9.59 Å². The molecule has 6 heteroatoms. The molecule has 0 bridgehead atoms. The van der Waals surface area contributed by atoms with Gasteiger partial charge in [0.15, 0.2) is 0 Å². The Morgan fingerprint density at radius 1 is 1.18 bits per heavy atom. The molecule has 0 radical (unpaired) electrons. The van der Waals surface area contributed by atoms with Crippen LogP contribution < -0.4 is 15.1 Å². The molecule has 17 heavy (non-hydrogen) atoms. The molecule has 0 aliphatic heterocycles. The summed E-state index contributed by atoms with van der Waals surface area (Å²) in [6.07, 6.45) is 0. The summed E-state index contributed by atoms with van der Waals surface area (Å²) >= 11 is 0. The maximum absolute atomic E-state index is 11.3. The molecule has 0 aromatic heterocycles. The molecule has 0 spiro atoms. The molecule has 1 amide bonds. The first-order chi connectivity index (χ1) is 7.93. The van der Waals surface area contributed by atoms with Gasteiger partial charge in [-0.3, -0.25) is 4.79 Å². The fourth-order valence-electron chi connectivity index (χ4n) is 1.38. The van der Waals surface area contributed by atoms with Crippen LogP contribution in [0.2, 0.25) is 0 Å². The number of para-hydroxylation sites is 1. The van der Waals surface area contributed by atoms with Gasteiger partial charge in [-0.05, 0) is 6.07 Å². The molecule has 1 rings (SSSR count). The number of aliphatic carboxylic acids is 1. The Morgan fingerprint density at radius 2 is 1.76 bits per heavy atom. The minimum Gasteiger partial charge on any atom is -0.548 e. The number of carboxylic acid groups (broad SMARTS) is 2. The van der Waals surface area contributed by atoms with Crippen LogP contribution in [0.25, 0.3) is 0 Å². The molecular weight excluding hydrogens is 226 g/mol. The van der Waals surface area contributed by atoms with E-state index in [-0.39, 0.29) is 11.3 Å². The zero-order valence-electron chi connectivity index (χ0n) is 9.00. The van der Waals surface area contributed by atoms with Crippen molar-refractivity contribution in [2.24, 2.45) is 0 Å². The number of rotatable bonds is 4. The van der Waals surface area contributed by atoms with Crippen LogP contribution >= 0.6 is 0 Å². The maximum atomic E-state index is 11.3. The van der Waals surface area contributed by atoms with Crippen LogP contribution in [0, 0.1) is 0 Å². The number of carbonyl (C=O) groups is 3. The Labute approximate surface area is 97.1 Å². The van der Waals surface area contributed by atoms with Crippen LogP contribution in [0.5, 0.6) is 0 Å². The monoisotopic (exact) mass is 235 g/mol. The highest BCUT2D eigenvalue weighted by Crippen LogP contribution is 2.19. The molecule has 0 N–H and O–H groups in total. The van der Waals surface area contributed by atoms with Gasteiger partial charge < -0.3 is 24.7 Å². The second-order valence-electron chi connectivity index (χ2n) is 3.28. The van der Waals surface area contributed by atoms with E-state index in [1.807, 2.05) is 0 Å². The lowest BCUT2D eigenvalue weighted by atomic mass is 10.1. The predicted octanol–water partition coefficient (Wildman–Crippen LogP) is -1.85. The van der Waals surface area contributed by atoms with Gasteiger partial charge in [0.2, 0.25) is 5.91 Å². The molecule has 0 aliphatic carbocycles. The summed E-state index contributed by atoms with van der Waals surface area (Å²) in [5.74, 6) is -3.55. The molecule has 90 valence electrons. The Kier molecular flexibility index (Phi) is 3.82. The lowest BCUT2D eigenvalue weighted by Crippen LogP contribution is -2.41. The highest BCUT2D eigenvalue weighted by atomic mass is 16.4. The largest absolute Gasteiger partial charge is 0.548 e. The topological polar surface area (TPSA) is 101 Å². The Bertz CT molecular complexity index is 469. The standard InChI is InChI=1S/C11H11NO5/c1-7(13)12(6-10(14)15)9-5-3-2-4-8(9)11(16)17/h2-5H,6H2,1H3,(H,14,15)(H,16,17)/p-2. The molecule has 0 saturated heterocycles. The van der Waals surface area contributed by atoms with Gasteiger partial charge in [-0.1, -0.05) is 18.2 Å². The minimum atomic E-state index is -1.48. The molecule has 1 aromatic rings. The Hall–Kier alpha value is -2.37. The average molecular weight is 235 g/mol. The summed E-state index contributed by atoms with van der Waals surface area (Å²) < 4.78 is 0. The third-order valence-electron chi connectivity index (χ3n) is 2.08. The van der Waals surface area contributed by atoms with E-state index in [0.717, 1.165) is 11.8 Å². The summed E-state index contributed by atoms with van der Waals surface area (Å²) in [6.45, 7) is 0.425. The second-order valence-corrected chi connectivity index (χ2v) is 3.28. The van der Waals surface area contributed by atoms with Crippen molar-refractivity contribution in [2.45, 2.75) is 6.92 Å². The molecule has 1 aromatic carbocycles. The first-order valence-corrected chi connectivity index (χ1v) is 4.71. The van der Waals surface area contributed by atoms with Crippen LogP contribution in [0.4, 0.5) is 5.69 Å². The van der Waals surface area contributed by atoms with Crippen molar-refractivity contribution in [1.82, 2.24) is 0 Å². The number of hydrogen-bond acceptors (Lipinski definition) is 5. The summed E-state index contributed by atoms with van der Waals surface area (Å²) in [6, 6.07) is 5.50. The zero-order chi connectivity index (χ0) is 13.0. The molecule has 0 heterocycles. The van der Waals surface area contributed by atoms with E-state index in [9.17, 15) is 24.6 Å². The van der Waals surface area contributed by atoms with E-state index < -0.39 is 24.4 Å². The fraction of sp³-hybridized carbons (Fsp3) is 0.182. The van der Waals surface area contributed by atoms with Crippen LogP contribution in [0.15, 0.2) is 24.3 Å². The number of anilines is 1. The van der Waals surface area contributed by atoms with Crippen molar-refractivity contribution in [3.63, 3.8) is 0 Å². The molecule has 6 nitrogen and oxygen atoms in total. The van der Waals surface area contributed by atoms with Crippen molar-refractivity contribution in [1.29, 1.82) is 0 Å². The third kappa shape index (κ3) is 3.04. The van der Waals surface area contributed by atoms with Gasteiger partial charge in [0.05, 0.1) is 24.2 Å². The Morgan fingerprint density at radius 3 is 2.24 bits per heavy atom. The average Bonchev–Trinajstić information content (AvgIpc) is 2.25. The number of amides is 1. The predicted molar refractivity (Wildman–Crippen MR) is 53.8 cm³/mol. The summed E-state index contributed by atoms with van der Waals surface area (Å²) in [5, 5.41) is 21.3. The van der Waals surface area contributed by atoms with Gasteiger partial charge in [-0.25, -0.2) is 0 Å². The number of benzene rings is 1. The first-order valence-electron chi connectivity index (χ1n) is 4.71. The number of aromatic carboxylic acids is 1. The molecule has 0 fully saturated rings. The number of hydrogen-bond donors (Lipinski definition) is 0. The normalized spacial score (nSPS) is 9.71. The van der Waals surface area contributed by atoms with Crippen molar-refractivity contribution in [3.8, 4) is 0 Å². The van der Waals surface area contributed by atoms with Crippen molar-refractivity contribution < 1.29 is 24.6 Å². The molecule has 0 atom stereocenters. The van der Waals surface area contributed by atoms with Crippen LogP contribution in [0.3, 0.4) is 0 Å². The Balaban J connectivity index is 3.22. The highest BCUT2D eigenvalue weighted by Gasteiger charge is 2.15. The van der Waals surface area contributed by atoms with Crippen molar-refractivity contribution in [3.05, 3.63) is 29.8 Å². The molecule has 0 unspecified atom stereocenters. The quantitative estimate of drug-likeness (QED) is 0.610. The molecule has 0 saturated carbocycles. The van der Waals surface area contributed by atoms with Crippen molar-refractivity contribution >= 4 is 23.5 Å². The SMILES string of the molecule is CC(=O)N(CC(=O)[O-])c1ccccc1C(=O)[O-]. The van der Waals surface area contributed by atoms with E-state index in [1.54, 1.807) is 0 Å². The van der Waals surface area contributed by atoms with Gasteiger partial charge in [0.1, 0.15) is 0 Å². The van der Waals surface area contributed by atoms with Crippen LogP contribution in [0.1, 0.15) is 17.3 Å². The van der Waals surface area contributed by atoms with Gasteiger partial charge in [-0.15, -0.1) is 0 Å². The number of nitrogens with zero attached hydrogens (tertiary/aromatic N) is 1. The van der Waals surface area contributed by atoms with E-state index in [4.69, 9.17) is 0 Å². The highest BCUT2D eigenvalue weighted by molar-refractivity contribution is 6.02. The smallest absolute Gasteiger partial charge is 0.224 e. The number of carbonyl (C=O) groups excluding carboxylic acids is 3. The van der Waals surface area contributed by atoms with E-state index in [0.29, 0.717) is 0 Å². The summed E-state index contributed by atoms with van der Waals surface area (Å²) in [5.41, 5.74) is -0.270. The van der Waals surface area contributed by atoms with Gasteiger partial charge in [0.25, 0.3) is 0 Å². The van der Waals surface area contributed by atoms with E-state index >= 15 is 0 Å². The summed E-state index contributed by atoms with van der Waals surface area (Å²) in [4.78, 5) is 33.4. The molecule has 0 aliphatic rings.